The number of nitrogens with one attached hydrogen (secondary N) is 1. The SMILES string of the molecule is C#CC(C)Oc1cc(NC)nc(SC)n1. The topological polar surface area (TPSA) is 47.0 Å². The molecule has 5 heteroatoms. The minimum atomic E-state index is -0.292. The third-order valence-electron chi connectivity index (χ3n) is 1.65. The lowest BCUT2D eigenvalue weighted by atomic mass is 10.4. The summed E-state index contributed by atoms with van der Waals surface area (Å²) in [7, 11) is 1.79. The van der Waals surface area contributed by atoms with Crippen LogP contribution in [-0.2, 0) is 0 Å². The van der Waals surface area contributed by atoms with E-state index in [9.17, 15) is 0 Å². The molecule has 1 aromatic heterocycles. The summed E-state index contributed by atoms with van der Waals surface area (Å²) in [4.78, 5) is 8.39. The fraction of sp³-hybridized carbons (Fsp3) is 0.400. The molecule has 4 nitrogen and oxygen atoms in total. The maximum Gasteiger partial charge on any atom is 0.220 e. The number of anilines is 1. The fourth-order valence-corrected chi connectivity index (χ4v) is 1.27. The van der Waals surface area contributed by atoms with Crippen LogP contribution in [0.25, 0.3) is 0 Å². The molecule has 0 saturated carbocycles. The van der Waals surface area contributed by atoms with Gasteiger partial charge in [0.15, 0.2) is 11.3 Å². The highest BCUT2D eigenvalue weighted by atomic mass is 32.2. The number of thioether (sulfide) groups is 1. The van der Waals surface area contributed by atoms with Crippen LogP contribution in [0.1, 0.15) is 6.92 Å². The van der Waals surface area contributed by atoms with Crippen molar-refractivity contribution in [1.29, 1.82) is 0 Å². The van der Waals surface area contributed by atoms with Crippen LogP contribution in [0, 0.1) is 12.3 Å². The van der Waals surface area contributed by atoms with Crippen molar-refractivity contribution in [3.63, 3.8) is 0 Å². The van der Waals surface area contributed by atoms with Crippen molar-refractivity contribution in [2.75, 3.05) is 18.6 Å². The first kappa shape index (κ1) is 11.7. The molecular formula is C10H13N3OS. The van der Waals surface area contributed by atoms with E-state index in [1.165, 1.54) is 11.8 Å². The lowest BCUT2D eigenvalue weighted by molar-refractivity contribution is 0.265. The van der Waals surface area contributed by atoms with E-state index in [1.807, 2.05) is 6.26 Å². The third kappa shape index (κ3) is 3.33. The second-order valence-electron chi connectivity index (χ2n) is 2.75. The van der Waals surface area contributed by atoms with Crippen LogP contribution in [0.3, 0.4) is 0 Å². The Morgan fingerprint density at radius 1 is 1.60 bits per heavy atom. The molecule has 0 amide bonds. The highest BCUT2D eigenvalue weighted by Crippen LogP contribution is 2.19. The summed E-state index contributed by atoms with van der Waals surface area (Å²) >= 11 is 1.45. The van der Waals surface area contributed by atoms with Crippen LogP contribution in [-0.4, -0.2) is 29.4 Å². The van der Waals surface area contributed by atoms with Crippen LogP contribution in [0.5, 0.6) is 5.88 Å². The van der Waals surface area contributed by atoms with E-state index in [0.717, 1.165) is 0 Å². The summed E-state index contributed by atoms with van der Waals surface area (Å²) in [6, 6.07) is 1.72. The minimum absolute atomic E-state index is 0.292. The Morgan fingerprint density at radius 3 is 2.87 bits per heavy atom. The molecule has 0 saturated heterocycles. The maximum atomic E-state index is 5.41. The van der Waals surface area contributed by atoms with Crippen LogP contribution in [0.4, 0.5) is 5.82 Å². The van der Waals surface area contributed by atoms with Gasteiger partial charge in [-0.2, -0.15) is 4.98 Å². The summed E-state index contributed by atoms with van der Waals surface area (Å²) in [6.07, 6.45) is 6.84. The van der Waals surface area contributed by atoms with Gasteiger partial charge in [-0.05, 0) is 13.2 Å². The molecular weight excluding hydrogens is 210 g/mol. The standard InChI is InChI=1S/C10H13N3OS/c1-5-7(2)14-9-6-8(11-3)12-10(13-9)15-4/h1,6-7H,2-4H3,(H,11,12,13). The second kappa shape index (κ2) is 5.47. The molecule has 1 aromatic rings. The van der Waals surface area contributed by atoms with Gasteiger partial charge in [0.05, 0.1) is 0 Å². The molecule has 1 rings (SSSR count). The summed E-state index contributed by atoms with van der Waals surface area (Å²) in [6.45, 7) is 1.79. The zero-order valence-electron chi connectivity index (χ0n) is 8.94. The normalized spacial score (nSPS) is 11.6. The Balaban J connectivity index is 2.92. The Kier molecular flexibility index (Phi) is 4.25. The molecule has 1 N–H and O–H groups in total. The first-order valence-corrected chi connectivity index (χ1v) is 5.65. The molecule has 0 aliphatic carbocycles. The number of rotatable bonds is 4. The number of terminal acetylenes is 1. The quantitative estimate of drug-likeness (QED) is 0.477. The van der Waals surface area contributed by atoms with Gasteiger partial charge in [-0.25, -0.2) is 4.98 Å². The zero-order valence-corrected chi connectivity index (χ0v) is 9.76. The van der Waals surface area contributed by atoms with Crippen molar-refractivity contribution in [3.05, 3.63) is 6.07 Å². The lowest BCUT2D eigenvalue weighted by Crippen LogP contribution is -2.10. The van der Waals surface area contributed by atoms with Gasteiger partial charge in [0, 0.05) is 13.1 Å². The van der Waals surface area contributed by atoms with E-state index >= 15 is 0 Å². The highest BCUT2D eigenvalue weighted by molar-refractivity contribution is 7.98. The Morgan fingerprint density at radius 2 is 2.33 bits per heavy atom. The van der Waals surface area contributed by atoms with Crippen LogP contribution in [0.15, 0.2) is 11.2 Å². The van der Waals surface area contributed by atoms with Crippen molar-refractivity contribution in [2.45, 2.75) is 18.2 Å². The molecule has 0 aliphatic heterocycles. The fourth-order valence-electron chi connectivity index (χ4n) is 0.899. The van der Waals surface area contributed by atoms with Crippen molar-refractivity contribution >= 4 is 17.6 Å². The van der Waals surface area contributed by atoms with Crippen molar-refractivity contribution < 1.29 is 4.74 Å². The monoisotopic (exact) mass is 223 g/mol. The average Bonchev–Trinajstić information content (AvgIpc) is 2.28. The third-order valence-corrected chi connectivity index (χ3v) is 2.20. The Hall–Kier alpha value is -1.41. The average molecular weight is 223 g/mol. The lowest BCUT2D eigenvalue weighted by Gasteiger charge is -2.09. The summed E-state index contributed by atoms with van der Waals surface area (Å²) < 4.78 is 5.41. The van der Waals surface area contributed by atoms with E-state index in [1.54, 1.807) is 20.0 Å². The van der Waals surface area contributed by atoms with Crippen molar-refractivity contribution in [2.24, 2.45) is 0 Å². The molecule has 0 aromatic carbocycles. The predicted molar refractivity (Wildman–Crippen MR) is 62.3 cm³/mol. The van der Waals surface area contributed by atoms with Crippen LogP contribution < -0.4 is 10.1 Å². The molecule has 0 radical (unpaired) electrons. The molecule has 1 heterocycles. The molecule has 1 unspecified atom stereocenters. The molecule has 80 valence electrons. The number of aromatic nitrogens is 2. The Labute approximate surface area is 93.8 Å². The molecule has 0 bridgehead atoms. The summed E-state index contributed by atoms with van der Waals surface area (Å²) in [5, 5.41) is 3.59. The first-order chi connectivity index (χ1) is 7.19. The molecule has 0 fully saturated rings. The highest BCUT2D eigenvalue weighted by Gasteiger charge is 2.06. The number of hydrogen-bond donors (Lipinski definition) is 1. The molecule has 1 atom stereocenters. The van der Waals surface area contributed by atoms with E-state index in [4.69, 9.17) is 11.2 Å². The summed E-state index contributed by atoms with van der Waals surface area (Å²) in [5.41, 5.74) is 0. The molecule has 0 aliphatic rings. The van der Waals surface area contributed by atoms with Gasteiger partial charge < -0.3 is 10.1 Å². The Bertz CT molecular complexity index is 353. The zero-order chi connectivity index (χ0) is 11.3. The van der Waals surface area contributed by atoms with E-state index < -0.39 is 0 Å². The van der Waals surface area contributed by atoms with Crippen LogP contribution in [0.2, 0.25) is 0 Å². The number of nitrogens with zero attached hydrogens (tertiary/aromatic N) is 2. The van der Waals surface area contributed by atoms with E-state index in [-0.39, 0.29) is 6.10 Å². The summed E-state index contributed by atoms with van der Waals surface area (Å²) in [5.74, 6) is 3.68. The second-order valence-corrected chi connectivity index (χ2v) is 3.53. The van der Waals surface area contributed by atoms with Gasteiger partial charge in [0.2, 0.25) is 5.88 Å². The minimum Gasteiger partial charge on any atom is -0.461 e. The molecule has 15 heavy (non-hydrogen) atoms. The van der Waals surface area contributed by atoms with Gasteiger partial charge in [0.25, 0.3) is 0 Å². The smallest absolute Gasteiger partial charge is 0.220 e. The van der Waals surface area contributed by atoms with Crippen molar-refractivity contribution in [1.82, 2.24) is 9.97 Å². The maximum absolute atomic E-state index is 5.41. The van der Waals surface area contributed by atoms with Crippen molar-refractivity contribution in [3.8, 4) is 18.2 Å². The van der Waals surface area contributed by atoms with Gasteiger partial charge in [-0.3, -0.25) is 0 Å². The van der Waals surface area contributed by atoms with Crippen LogP contribution >= 0.6 is 11.8 Å². The number of hydrogen-bond acceptors (Lipinski definition) is 5. The predicted octanol–water partition coefficient (Wildman–Crippen LogP) is 1.64. The van der Waals surface area contributed by atoms with Gasteiger partial charge in [-0.1, -0.05) is 17.7 Å². The molecule has 0 spiro atoms. The number of ether oxygens (including phenoxy) is 1. The first-order valence-electron chi connectivity index (χ1n) is 4.43. The van der Waals surface area contributed by atoms with E-state index in [0.29, 0.717) is 16.9 Å². The van der Waals surface area contributed by atoms with E-state index in [2.05, 4.69) is 21.2 Å². The van der Waals surface area contributed by atoms with Gasteiger partial charge >= 0.3 is 0 Å². The van der Waals surface area contributed by atoms with Gasteiger partial charge in [0.1, 0.15) is 5.82 Å². The van der Waals surface area contributed by atoms with Gasteiger partial charge in [-0.15, -0.1) is 6.42 Å². The largest absolute Gasteiger partial charge is 0.461 e.